The second-order valence-electron chi connectivity index (χ2n) is 4.15. The summed E-state index contributed by atoms with van der Waals surface area (Å²) in [5, 5.41) is 3.27. The normalized spacial score (nSPS) is 15.6. The zero-order valence-electron chi connectivity index (χ0n) is 9.59. The second kappa shape index (κ2) is 5.22. The van der Waals surface area contributed by atoms with Gasteiger partial charge in [0.2, 0.25) is 5.91 Å². The minimum Gasteiger partial charge on any atom is -0.347 e. The molecule has 3 heteroatoms. The summed E-state index contributed by atoms with van der Waals surface area (Å²) in [6.45, 7) is 8.29. The van der Waals surface area contributed by atoms with Crippen molar-refractivity contribution in [2.45, 2.75) is 39.8 Å². The Kier molecular flexibility index (Phi) is 4.99. The fraction of sp³-hybridized carbons (Fsp3) is 0.900. The Labute approximate surface area is 81.5 Å². The van der Waals surface area contributed by atoms with Crippen molar-refractivity contribution in [2.75, 3.05) is 14.1 Å². The summed E-state index contributed by atoms with van der Waals surface area (Å²) in [5.74, 6) is 0.685. The molecule has 0 rings (SSSR count). The van der Waals surface area contributed by atoms with E-state index in [1.54, 1.807) is 19.0 Å². The Balaban J connectivity index is 4.00. The molecule has 0 aromatic heterocycles. The van der Waals surface area contributed by atoms with Gasteiger partial charge in [0, 0.05) is 20.1 Å². The third kappa shape index (κ3) is 4.27. The van der Waals surface area contributed by atoms with Crippen LogP contribution in [-0.2, 0) is 4.79 Å². The van der Waals surface area contributed by atoms with E-state index < -0.39 is 0 Å². The van der Waals surface area contributed by atoms with E-state index in [1.165, 1.54) is 0 Å². The molecule has 0 fully saturated rings. The van der Waals surface area contributed by atoms with Crippen LogP contribution in [0.3, 0.4) is 0 Å². The Morgan fingerprint density at radius 1 is 1.15 bits per heavy atom. The Bertz CT molecular complexity index is 166. The third-order valence-corrected chi connectivity index (χ3v) is 2.32. The molecule has 0 aromatic rings. The van der Waals surface area contributed by atoms with Crippen LogP contribution >= 0.6 is 0 Å². The molecule has 0 aliphatic carbocycles. The molecule has 0 saturated carbocycles. The van der Waals surface area contributed by atoms with Crippen molar-refractivity contribution >= 4 is 5.91 Å². The molecule has 3 nitrogen and oxygen atoms in total. The number of hydrogen-bond acceptors (Lipinski definition) is 2. The van der Waals surface area contributed by atoms with Gasteiger partial charge >= 0.3 is 0 Å². The molecule has 0 aromatic carbocycles. The van der Waals surface area contributed by atoms with Gasteiger partial charge in [0.05, 0.1) is 6.04 Å². The first-order valence-electron chi connectivity index (χ1n) is 4.83. The van der Waals surface area contributed by atoms with Crippen molar-refractivity contribution in [3.05, 3.63) is 0 Å². The largest absolute Gasteiger partial charge is 0.347 e. The first-order chi connectivity index (χ1) is 5.86. The van der Waals surface area contributed by atoms with E-state index in [0.29, 0.717) is 12.0 Å². The predicted octanol–water partition coefficient (Wildman–Crippen LogP) is 1.10. The Hall–Kier alpha value is -0.570. The van der Waals surface area contributed by atoms with E-state index in [9.17, 15) is 4.79 Å². The van der Waals surface area contributed by atoms with Crippen molar-refractivity contribution < 1.29 is 4.79 Å². The average Bonchev–Trinajstić information content (AvgIpc) is 2.02. The van der Waals surface area contributed by atoms with E-state index in [4.69, 9.17) is 0 Å². The monoisotopic (exact) mass is 186 g/mol. The van der Waals surface area contributed by atoms with E-state index in [2.05, 4.69) is 26.1 Å². The third-order valence-electron chi connectivity index (χ3n) is 2.32. The number of amides is 1. The second-order valence-corrected chi connectivity index (χ2v) is 4.15. The van der Waals surface area contributed by atoms with Crippen LogP contribution < -0.4 is 5.32 Å². The molecule has 78 valence electrons. The van der Waals surface area contributed by atoms with Crippen LogP contribution in [0.15, 0.2) is 0 Å². The zero-order valence-corrected chi connectivity index (χ0v) is 9.59. The van der Waals surface area contributed by atoms with Gasteiger partial charge in [-0.15, -0.1) is 0 Å². The van der Waals surface area contributed by atoms with Gasteiger partial charge in [-0.3, -0.25) is 4.79 Å². The summed E-state index contributed by atoms with van der Waals surface area (Å²) in [7, 11) is 3.56. The van der Waals surface area contributed by atoms with Crippen LogP contribution in [0.25, 0.3) is 0 Å². The van der Waals surface area contributed by atoms with E-state index >= 15 is 0 Å². The molecule has 0 heterocycles. The van der Waals surface area contributed by atoms with Crippen LogP contribution in [-0.4, -0.2) is 37.0 Å². The molecule has 0 bridgehead atoms. The fourth-order valence-electron chi connectivity index (χ4n) is 1.05. The molecule has 2 atom stereocenters. The minimum absolute atomic E-state index is 0.0904. The molecule has 0 aliphatic heterocycles. The van der Waals surface area contributed by atoms with Crippen molar-refractivity contribution in [1.82, 2.24) is 10.2 Å². The van der Waals surface area contributed by atoms with Gasteiger partial charge in [-0.2, -0.15) is 0 Å². The SMILES string of the molecule is CC(NC(C)C(C)C)C(=O)N(C)C. The van der Waals surface area contributed by atoms with Gasteiger partial charge in [-0.1, -0.05) is 13.8 Å². The summed E-state index contributed by atoms with van der Waals surface area (Å²) in [4.78, 5) is 13.1. The van der Waals surface area contributed by atoms with Crippen LogP contribution in [0.1, 0.15) is 27.7 Å². The average molecular weight is 186 g/mol. The van der Waals surface area contributed by atoms with Gasteiger partial charge < -0.3 is 10.2 Å². The molecule has 0 spiro atoms. The van der Waals surface area contributed by atoms with E-state index in [0.717, 1.165) is 0 Å². The molecular weight excluding hydrogens is 164 g/mol. The summed E-state index contributed by atoms with van der Waals surface area (Å²) >= 11 is 0. The summed E-state index contributed by atoms with van der Waals surface area (Å²) < 4.78 is 0. The number of rotatable bonds is 4. The lowest BCUT2D eigenvalue weighted by Crippen LogP contribution is -2.46. The lowest BCUT2D eigenvalue weighted by Gasteiger charge is -2.24. The molecule has 1 N–H and O–H groups in total. The fourth-order valence-corrected chi connectivity index (χ4v) is 1.05. The highest BCUT2D eigenvalue weighted by molar-refractivity contribution is 5.80. The van der Waals surface area contributed by atoms with Crippen molar-refractivity contribution in [1.29, 1.82) is 0 Å². The molecule has 13 heavy (non-hydrogen) atoms. The zero-order chi connectivity index (χ0) is 10.6. The summed E-state index contributed by atoms with van der Waals surface area (Å²) in [5.41, 5.74) is 0. The highest BCUT2D eigenvalue weighted by Crippen LogP contribution is 2.01. The van der Waals surface area contributed by atoms with E-state index in [-0.39, 0.29) is 11.9 Å². The maximum Gasteiger partial charge on any atom is 0.238 e. The summed E-state index contributed by atoms with van der Waals surface area (Å²) in [6, 6.07) is 0.284. The highest BCUT2D eigenvalue weighted by atomic mass is 16.2. The Morgan fingerprint density at radius 2 is 1.62 bits per heavy atom. The van der Waals surface area contributed by atoms with Gasteiger partial charge in [0.15, 0.2) is 0 Å². The highest BCUT2D eigenvalue weighted by Gasteiger charge is 2.17. The van der Waals surface area contributed by atoms with Crippen LogP contribution in [0.2, 0.25) is 0 Å². The first kappa shape index (κ1) is 12.4. The minimum atomic E-state index is -0.0904. The summed E-state index contributed by atoms with van der Waals surface area (Å²) in [6.07, 6.45) is 0. The lowest BCUT2D eigenvalue weighted by atomic mass is 10.1. The van der Waals surface area contributed by atoms with Crippen molar-refractivity contribution in [3.8, 4) is 0 Å². The molecular formula is C10H22N2O. The molecule has 0 aliphatic rings. The Morgan fingerprint density at radius 3 is 1.92 bits per heavy atom. The van der Waals surface area contributed by atoms with E-state index in [1.807, 2.05) is 6.92 Å². The molecule has 1 amide bonds. The maximum absolute atomic E-state index is 11.5. The molecule has 0 radical (unpaired) electrons. The topological polar surface area (TPSA) is 32.3 Å². The maximum atomic E-state index is 11.5. The van der Waals surface area contributed by atoms with Crippen LogP contribution in [0.5, 0.6) is 0 Å². The van der Waals surface area contributed by atoms with Crippen molar-refractivity contribution in [2.24, 2.45) is 5.92 Å². The smallest absolute Gasteiger partial charge is 0.238 e. The number of carbonyl (C=O) groups is 1. The predicted molar refractivity (Wildman–Crippen MR) is 55.6 cm³/mol. The number of likely N-dealkylation sites (N-methyl/N-ethyl adjacent to an activating group) is 1. The standard InChI is InChI=1S/C10H22N2O/c1-7(2)8(3)11-9(4)10(13)12(5)6/h7-9,11H,1-6H3. The number of nitrogens with zero attached hydrogens (tertiary/aromatic N) is 1. The van der Waals surface area contributed by atoms with Gasteiger partial charge in [-0.25, -0.2) is 0 Å². The quantitative estimate of drug-likeness (QED) is 0.713. The number of hydrogen-bond donors (Lipinski definition) is 1. The van der Waals surface area contributed by atoms with Gasteiger partial charge in [0.1, 0.15) is 0 Å². The number of carbonyl (C=O) groups excluding carboxylic acids is 1. The first-order valence-corrected chi connectivity index (χ1v) is 4.83. The lowest BCUT2D eigenvalue weighted by molar-refractivity contribution is -0.130. The number of nitrogens with one attached hydrogen (secondary N) is 1. The molecule has 2 unspecified atom stereocenters. The molecule has 0 saturated heterocycles. The van der Waals surface area contributed by atoms with Gasteiger partial charge in [0.25, 0.3) is 0 Å². The van der Waals surface area contributed by atoms with Crippen LogP contribution in [0, 0.1) is 5.92 Å². The van der Waals surface area contributed by atoms with Crippen molar-refractivity contribution in [3.63, 3.8) is 0 Å². The van der Waals surface area contributed by atoms with Crippen LogP contribution in [0.4, 0.5) is 0 Å². The van der Waals surface area contributed by atoms with Gasteiger partial charge in [-0.05, 0) is 19.8 Å².